The maximum Gasteiger partial charge on any atom is 0.511 e. The highest BCUT2D eigenvalue weighted by Crippen LogP contribution is 2.41. The van der Waals surface area contributed by atoms with Gasteiger partial charge in [-0.1, -0.05) is 11.6 Å². The summed E-state index contributed by atoms with van der Waals surface area (Å²) in [5.41, 5.74) is 0.130. The number of piperazine rings is 1. The van der Waals surface area contributed by atoms with Crippen molar-refractivity contribution < 1.29 is 23.8 Å². The number of benzene rings is 1. The predicted octanol–water partition coefficient (Wildman–Crippen LogP) is 2.46. The van der Waals surface area contributed by atoms with Gasteiger partial charge in [0.05, 0.1) is 21.6 Å². The van der Waals surface area contributed by atoms with E-state index in [0.29, 0.717) is 42.4 Å². The summed E-state index contributed by atoms with van der Waals surface area (Å²) in [6, 6.07) is 2.91. The molecule has 2 heterocycles. The topological polar surface area (TPSA) is 92.1 Å². The summed E-state index contributed by atoms with van der Waals surface area (Å²) < 4.78 is 20.7. The third-order valence-electron chi connectivity index (χ3n) is 5.08. The van der Waals surface area contributed by atoms with Crippen molar-refractivity contribution in [3.8, 4) is 5.75 Å². The lowest BCUT2D eigenvalue weighted by Gasteiger charge is -2.34. The van der Waals surface area contributed by atoms with Gasteiger partial charge in [0.1, 0.15) is 0 Å². The van der Waals surface area contributed by atoms with Gasteiger partial charge in [0.15, 0.2) is 0 Å². The number of amides is 1. The zero-order valence-electron chi connectivity index (χ0n) is 14.7. The van der Waals surface area contributed by atoms with Crippen LogP contribution in [0.2, 0.25) is 5.02 Å². The smallest absolute Gasteiger partial charge is 0.449 e. The second-order valence-corrected chi connectivity index (χ2v) is 7.27. The lowest BCUT2D eigenvalue weighted by atomic mass is 10.1. The van der Waals surface area contributed by atoms with E-state index in [1.807, 2.05) is 4.90 Å². The van der Waals surface area contributed by atoms with Crippen LogP contribution >= 0.6 is 11.6 Å². The van der Waals surface area contributed by atoms with Crippen LogP contribution in [0.5, 0.6) is 5.75 Å². The summed E-state index contributed by atoms with van der Waals surface area (Å²) in [5, 5.41) is 9.24. The Morgan fingerprint density at radius 2 is 1.93 bits per heavy atom. The van der Waals surface area contributed by atoms with Crippen LogP contribution in [0, 0.1) is 5.95 Å². The Morgan fingerprint density at radius 1 is 1.25 bits per heavy atom. The van der Waals surface area contributed by atoms with Crippen LogP contribution in [0.4, 0.5) is 14.9 Å². The predicted molar refractivity (Wildman–Crippen MR) is 99.9 cm³/mol. The van der Waals surface area contributed by atoms with E-state index in [1.54, 1.807) is 11.0 Å². The van der Waals surface area contributed by atoms with Crippen LogP contribution in [0.25, 0.3) is 10.9 Å². The first-order valence-corrected chi connectivity index (χ1v) is 9.21. The summed E-state index contributed by atoms with van der Waals surface area (Å²) in [5.74, 6) is -1.84. The lowest BCUT2D eigenvalue weighted by molar-refractivity contribution is -0.118. The highest BCUT2D eigenvalue weighted by atomic mass is 35.5. The van der Waals surface area contributed by atoms with Gasteiger partial charge >= 0.3 is 6.16 Å². The van der Waals surface area contributed by atoms with Gasteiger partial charge in [-0.2, -0.15) is 4.39 Å². The molecule has 1 N–H and O–H groups in total. The normalized spacial score (nSPS) is 17.1. The molecule has 10 heteroatoms. The molecule has 0 unspecified atom stereocenters. The number of ether oxygens (including phenoxy) is 1. The van der Waals surface area contributed by atoms with Gasteiger partial charge in [-0.3, -0.25) is 9.59 Å². The van der Waals surface area contributed by atoms with Crippen LogP contribution in [-0.4, -0.2) is 53.3 Å². The van der Waals surface area contributed by atoms with Crippen molar-refractivity contribution in [1.82, 2.24) is 9.47 Å². The number of pyridine rings is 1. The van der Waals surface area contributed by atoms with Gasteiger partial charge in [-0.25, -0.2) is 4.79 Å². The van der Waals surface area contributed by atoms with Crippen LogP contribution < -0.4 is 15.1 Å². The number of carbonyl (C=O) groups excluding carboxylic acids is 1. The molecule has 28 heavy (non-hydrogen) atoms. The number of anilines is 1. The molecule has 1 saturated heterocycles. The van der Waals surface area contributed by atoms with Crippen molar-refractivity contribution in [3.63, 3.8) is 0 Å². The van der Waals surface area contributed by atoms with E-state index in [1.165, 1.54) is 10.6 Å². The lowest BCUT2D eigenvalue weighted by Crippen LogP contribution is -2.45. The molecule has 1 aliphatic carbocycles. The minimum absolute atomic E-state index is 0.102. The number of hydrogen-bond donors (Lipinski definition) is 1. The molecule has 2 aromatic rings. The second kappa shape index (κ2) is 6.97. The molecule has 1 aromatic heterocycles. The molecule has 0 atom stereocenters. The van der Waals surface area contributed by atoms with Crippen molar-refractivity contribution in [2.24, 2.45) is 0 Å². The fourth-order valence-electron chi connectivity index (χ4n) is 3.54. The summed E-state index contributed by atoms with van der Waals surface area (Å²) in [4.78, 5) is 38.1. The molecular weight excluding hydrogens is 393 g/mol. The average Bonchev–Trinajstić information content (AvgIpc) is 3.50. The molecule has 8 nitrogen and oxygen atoms in total. The molecule has 1 aromatic carbocycles. The van der Waals surface area contributed by atoms with E-state index in [-0.39, 0.29) is 11.4 Å². The highest BCUT2D eigenvalue weighted by molar-refractivity contribution is 6.34. The number of carbonyl (C=O) groups is 2. The molecule has 2 fully saturated rings. The molecule has 4 rings (SSSR count). The second-order valence-electron chi connectivity index (χ2n) is 6.87. The van der Waals surface area contributed by atoms with Gasteiger partial charge in [-0.15, -0.1) is 0 Å². The number of aromatic nitrogens is 1. The van der Waals surface area contributed by atoms with Crippen molar-refractivity contribution in [3.05, 3.63) is 33.3 Å². The van der Waals surface area contributed by atoms with E-state index >= 15 is 0 Å². The number of nitrogens with zero attached hydrogens (tertiary/aromatic N) is 3. The molecule has 0 radical (unpaired) electrons. The third-order valence-corrected chi connectivity index (χ3v) is 5.38. The first-order valence-electron chi connectivity index (χ1n) is 8.83. The highest BCUT2D eigenvalue weighted by Gasteiger charge is 2.32. The van der Waals surface area contributed by atoms with Crippen LogP contribution in [0.3, 0.4) is 0 Å². The zero-order chi connectivity index (χ0) is 20.0. The Balaban J connectivity index is 1.87. The summed E-state index contributed by atoms with van der Waals surface area (Å²) >= 11 is 6.40. The molecular formula is C18H17ClFN3O5. The van der Waals surface area contributed by atoms with Gasteiger partial charge in [0.25, 0.3) is 0 Å². The van der Waals surface area contributed by atoms with Crippen LogP contribution in [0.15, 0.2) is 16.9 Å². The van der Waals surface area contributed by atoms with Crippen LogP contribution in [-0.2, 0) is 4.79 Å². The van der Waals surface area contributed by atoms with Crippen molar-refractivity contribution in [2.45, 2.75) is 18.9 Å². The van der Waals surface area contributed by atoms with Gasteiger partial charge in [0, 0.05) is 32.2 Å². The minimum atomic E-state index is -1.76. The standard InChI is InChI=1S/C18H17ClFN3O5/c19-12-7-11-13(8-14(12)22-5-3-21(9-24)4-6-22)23(10-1-2-10)17(20)16(15(11)25)28-18(26)27/h7-10H,1-6H2,(H,26,27). The summed E-state index contributed by atoms with van der Waals surface area (Å²) in [6.07, 6.45) is 0.478. The first-order chi connectivity index (χ1) is 13.4. The van der Waals surface area contributed by atoms with Crippen molar-refractivity contribution in [2.75, 3.05) is 31.1 Å². The van der Waals surface area contributed by atoms with Crippen molar-refractivity contribution >= 4 is 40.8 Å². The largest absolute Gasteiger partial charge is 0.511 e. The Hall–Kier alpha value is -2.81. The molecule has 0 bridgehead atoms. The number of rotatable bonds is 4. The van der Waals surface area contributed by atoms with Crippen molar-refractivity contribution in [1.29, 1.82) is 0 Å². The fourth-order valence-corrected chi connectivity index (χ4v) is 3.82. The summed E-state index contributed by atoms with van der Waals surface area (Å²) in [7, 11) is 0. The number of carboxylic acid groups (broad SMARTS) is 1. The Kier molecular flexibility index (Phi) is 4.62. The Morgan fingerprint density at radius 3 is 2.50 bits per heavy atom. The van der Waals surface area contributed by atoms with E-state index in [2.05, 4.69) is 4.74 Å². The van der Waals surface area contributed by atoms with Gasteiger partial charge in [-0.05, 0) is 25.0 Å². The SMILES string of the molecule is O=CN1CCN(c2cc3c(cc2Cl)c(=O)c(OC(=O)O)c(F)n3C2CC2)CC1. The number of halogens is 2. The number of fused-ring (bicyclic) bond motifs is 1. The fraction of sp³-hybridized carbons (Fsp3) is 0.389. The molecule has 0 spiro atoms. The third kappa shape index (κ3) is 3.15. The maximum atomic E-state index is 15.0. The van der Waals surface area contributed by atoms with E-state index in [4.69, 9.17) is 16.7 Å². The quantitative estimate of drug-likeness (QED) is 0.474. The molecule has 1 amide bonds. The van der Waals surface area contributed by atoms with E-state index in [9.17, 15) is 18.8 Å². The Labute approximate surface area is 163 Å². The van der Waals surface area contributed by atoms with Gasteiger partial charge < -0.3 is 24.2 Å². The molecule has 2 aliphatic rings. The van der Waals surface area contributed by atoms with E-state index in [0.717, 1.165) is 19.3 Å². The maximum absolute atomic E-state index is 15.0. The van der Waals surface area contributed by atoms with E-state index < -0.39 is 23.3 Å². The zero-order valence-corrected chi connectivity index (χ0v) is 15.5. The van der Waals surface area contributed by atoms with Crippen LogP contribution in [0.1, 0.15) is 18.9 Å². The monoisotopic (exact) mass is 409 g/mol. The number of hydrogen-bond acceptors (Lipinski definition) is 5. The van der Waals surface area contributed by atoms with Gasteiger partial charge in [0.2, 0.25) is 23.5 Å². The summed E-state index contributed by atoms with van der Waals surface area (Å²) in [6.45, 7) is 2.18. The molecule has 1 aliphatic heterocycles. The average molecular weight is 410 g/mol. The molecule has 1 saturated carbocycles. The first kappa shape index (κ1) is 18.5. The Bertz CT molecular complexity index is 1030. The minimum Gasteiger partial charge on any atom is -0.449 e. The molecule has 148 valence electrons.